The van der Waals surface area contributed by atoms with Crippen molar-refractivity contribution >= 4 is 17.7 Å². The molecule has 1 aliphatic heterocycles. The summed E-state index contributed by atoms with van der Waals surface area (Å²) in [6.45, 7) is 5.07. The van der Waals surface area contributed by atoms with Crippen LogP contribution in [0.2, 0.25) is 0 Å². The Balaban J connectivity index is 1.29. The molecule has 0 unspecified atom stereocenters. The van der Waals surface area contributed by atoms with Gasteiger partial charge in [-0.3, -0.25) is 9.69 Å². The van der Waals surface area contributed by atoms with Gasteiger partial charge in [0.15, 0.2) is 0 Å². The average Bonchev–Trinajstić information content (AvgIpc) is 2.70. The number of para-hydroxylation sites is 1. The van der Waals surface area contributed by atoms with Crippen LogP contribution in [0.3, 0.4) is 0 Å². The van der Waals surface area contributed by atoms with E-state index in [1.807, 2.05) is 53.4 Å². The number of piperazine rings is 1. The van der Waals surface area contributed by atoms with Crippen LogP contribution >= 0.6 is 11.8 Å². The molecule has 0 saturated carbocycles. The summed E-state index contributed by atoms with van der Waals surface area (Å²) >= 11 is 1.70. The first-order valence-electron chi connectivity index (χ1n) is 9.11. The Kier molecular flexibility index (Phi) is 7.40. The third-order valence-electron chi connectivity index (χ3n) is 4.48. The lowest BCUT2D eigenvalue weighted by Gasteiger charge is -2.34. The van der Waals surface area contributed by atoms with Crippen LogP contribution in [0, 0.1) is 0 Å². The lowest BCUT2D eigenvalue weighted by atomic mass is 10.2. The van der Waals surface area contributed by atoms with Crippen LogP contribution in [0.4, 0.5) is 0 Å². The van der Waals surface area contributed by atoms with Crippen molar-refractivity contribution in [2.75, 3.05) is 45.1 Å². The maximum atomic E-state index is 12.4. The predicted molar refractivity (Wildman–Crippen MR) is 108 cm³/mol. The van der Waals surface area contributed by atoms with Crippen molar-refractivity contribution in [3.05, 3.63) is 66.2 Å². The van der Waals surface area contributed by atoms with E-state index in [-0.39, 0.29) is 5.91 Å². The van der Waals surface area contributed by atoms with Gasteiger partial charge in [0.1, 0.15) is 12.4 Å². The molecule has 4 nitrogen and oxygen atoms in total. The van der Waals surface area contributed by atoms with Gasteiger partial charge < -0.3 is 9.64 Å². The smallest absolute Gasteiger partial charge is 0.232 e. The van der Waals surface area contributed by atoms with E-state index in [4.69, 9.17) is 4.74 Å². The Morgan fingerprint density at radius 3 is 2.27 bits per heavy atom. The third-order valence-corrected chi connectivity index (χ3v) is 5.47. The van der Waals surface area contributed by atoms with Crippen LogP contribution in [-0.2, 0) is 10.5 Å². The number of ether oxygens (including phenoxy) is 1. The lowest BCUT2D eigenvalue weighted by Crippen LogP contribution is -2.50. The molecule has 5 heteroatoms. The number of nitrogens with zero attached hydrogens (tertiary/aromatic N) is 2. The number of hydrogen-bond acceptors (Lipinski definition) is 4. The van der Waals surface area contributed by atoms with E-state index in [1.54, 1.807) is 11.8 Å². The molecule has 0 N–H and O–H groups in total. The Morgan fingerprint density at radius 2 is 1.58 bits per heavy atom. The molecule has 0 atom stereocenters. The van der Waals surface area contributed by atoms with E-state index >= 15 is 0 Å². The van der Waals surface area contributed by atoms with Crippen LogP contribution in [0.1, 0.15) is 5.56 Å². The number of thioether (sulfide) groups is 1. The van der Waals surface area contributed by atoms with Crippen molar-refractivity contribution in [1.82, 2.24) is 9.80 Å². The zero-order valence-electron chi connectivity index (χ0n) is 15.0. The van der Waals surface area contributed by atoms with E-state index in [9.17, 15) is 4.79 Å². The minimum absolute atomic E-state index is 0.256. The van der Waals surface area contributed by atoms with E-state index < -0.39 is 0 Å². The van der Waals surface area contributed by atoms with Crippen LogP contribution < -0.4 is 4.74 Å². The second-order valence-corrected chi connectivity index (χ2v) is 7.35. The summed E-state index contributed by atoms with van der Waals surface area (Å²) in [5.41, 5.74) is 1.27. The van der Waals surface area contributed by atoms with E-state index in [2.05, 4.69) is 17.0 Å². The molecule has 1 saturated heterocycles. The van der Waals surface area contributed by atoms with E-state index in [0.717, 1.165) is 44.2 Å². The van der Waals surface area contributed by atoms with Gasteiger partial charge in [-0.2, -0.15) is 0 Å². The highest BCUT2D eigenvalue weighted by Crippen LogP contribution is 2.13. The van der Waals surface area contributed by atoms with Gasteiger partial charge in [-0.25, -0.2) is 0 Å². The quantitative estimate of drug-likeness (QED) is 0.715. The molecule has 1 amide bonds. The number of benzene rings is 2. The van der Waals surface area contributed by atoms with E-state index in [0.29, 0.717) is 12.4 Å². The molecule has 0 radical (unpaired) electrons. The second-order valence-electron chi connectivity index (χ2n) is 6.36. The first-order chi connectivity index (χ1) is 12.8. The topological polar surface area (TPSA) is 32.8 Å². The van der Waals surface area contributed by atoms with Crippen molar-refractivity contribution in [3.8, 4) is 5.75 Å². The highest BCUT2D eigenvalue weighted by molar-refractivity contribution is 7.99. The third kappa shape index (κ3) is 6.07. The summed E-state index contributed by atoms with van der Waals surface area (Å²) in [6.07, 6.45) is 0. The Hall–Kier alpha value is -1.98. The summed E-state index contributed by atoms with van der Waals surface area (Å²) in [6, 6.07) is 20.2. The molecular weight excluding hydrogens is 344 g/mol. The molecular formula is C21H26N2O2S. The largest absolute Gasteiger partial charge is 0.492 e. The Bertz CT molecular complexity index is 658. The maximum absolute atomic E-state index is 12.4. The number of rotatable bonds is 8. The van der Waals surface area contributed by atoms with Gasteiger partial charge in [-0.15, -0.1) is 11.8 Å². The van der Waals surface area contributed by atoms with Crippen molar-refractivity contribution in [1.29, 1.82) is 0 Å². The van der Waals surface area contributed by atoms with E-state index in [1.165, 1.54) is 5.56 Å². The molecule has 0 aromatic heterocycles. The zero-order valence-corrected chi connectivity index (χ0v) is 15.9. The summed E-state index contributed by atoms with van der Waals surface area (Å²) < 4.78 is 5.75. The van der Waals surface area contributed by atoms with Crippen LogP contribution in [0.25, 0.3) is 0 Å². The predicted octanol–water partition coefficient (Wildman–Crippen LogP) is 3.14. The lowest BCUT2D eigenvalue weighted by molar-refractivity contribution is -0.130. The minimum atomic E-state index is 0.256. The molecule has 3 rings (SSSR count). The second kappa shape index (κ2) is 10.2. The molecule has 0 bridgehead atoms. The fraction of sp³-hybridized carbons (Fsp3) is 0.381. The highest BCUT2D eigenvalue weighted by atomic mass is 32.2. The normalized spacial score (nSPS) is 15.0. The Morgan fingerprint density at radius 1 is 0.923 bits per heavy atom. The first-order valence-corrected chi connectivity index (χ1v) is 10.3. The van der Waals surface area contributed by atoms with Gasteiger partial charge in [-0.1, -0.05) is 48.5 Å². The number of carbonyl (C=O) groups is 1. The molecule has 0 spiro atoms. The molecule has 2 aromatic rings. The van der Waals surface area contributed by atoms with Crippen molar-refractivity contribution in [2.45, 2.75) is 5.75 Å². The number of hydrogen-bond donors (Lipinski definition) is 0. The van der Waals surface area contributed by atoms with Crippen molar-refractivity contribution in [3.63, 3.8) is 0 Å². The van der Waals surface area contributed by atoms with Crippen LogP contribution in [0.15, 0.2) is 60.7 Å². The van der Waals surface area contributed by atoms with Gasteiger partial charge >= 0.3 is 0 Å². The summed E-state index contributed by atoms with van der Waals surface area (Å²) in [5, 5.41) is 0. The molecule has 0 aliphatic carbocycles. The summed E-state index contributed by atoms with van der Waals surface area (Å²) in [5.74, 6) is 2.62. The van der Waals surface area contributed by atoms with Crippen molar-refractivity contribution in [2.24, 2.45) is 0 Å². The molecule has 26 heavy (non-hydrogen) atoms. The number of carbonyl (C=O) groups excluding carboxylic acids is 1. The molecule has 2 aromatic carbocycles. The van der Waals surface area contributed by atoms with Gasteiger partial charge in [0.2, 0.25) is 5.91 Å². The molecule has 1 aliphatic rings. The zero-order chi connectivity index (χ0) is 18.0. The fourth-order valence-electron chi connectivity index (χ4n) is 2.95. The summed E-state index contributed by atoms with van der Waals surface area (Å²) in [4.78, 5) is 16.7. The molecule has 138 valence electrons. The molecule has 1 heterocycles. The average molecular weight is 371 g/mol. The van der Waals surface area contributed by atoms with Crippen LogP contribution in [-0.4, -0.2) is 60.8 Å². The highest BCUT2D eigenvalue weighted by Gasteiger charge is 2.20. The summed E-state index contributed by atoms with van der Waals surface area (Å²) in [7, 11) is 0. The monoisotopic (exact) mass is 370 g/mol. The van der Waals surface area contributed by atoms with Gasteiger partial charge in [0.05, 0.1) is 5.75 Å². The first kappa shape index (κ1) is 18.8. The standard InChI is InChI=1S/C21H26N2O2S/c24-21(18-26-17-19-7-3-1-4-8-19)23-13-11-22(12-14-23)15-16-25-20-9-5-2-6-10-20/h1-10H,11-18H2. The van der Waals surface area contributed by atoms with Gasteiger partial charge in [-0.05, 0) is 17.7 Å². The minimum Gasteiger partial charge on any atom is -0.492 e. The van der Waals surface area contributed by atoms with Crippen molar-refractivity contribution < 1.29 is 9.53 Å². The number of amides is 1. The molecule has 1 fully saturated rings. The van der Waals surface area contributed by atoms with Gasteiger partial charge in [0.25, 0.3) is 0 Å². The Labute approximate surface area is 160 Å². The maximum Gasteiger partial charge on any atom is 0.232 e. The van der Waals surface area contributed by atoms with Crippen LogP contribution in [0.5, 0.6) is 5.75 Å². The van der Waals surface area contributed by atoms with Gasteiger partial charge in [0, 0.05) is 38.5 Å². The SMILES string of the molecule is O=C(CSCc1ccccc1)N1CCN(CCOc2ccccc2)CC1. The fourth-order valence-corrected chi connectivity index (χ4v) is 3.84.